The molecule has 2 N–H and O–H groups in total. The van der Waals surface area contributed by atoms with Crippen LogP contribution in [-0.4, -0.2) is 46.5 Å². The molecule has 182 valence electrons. The van der Waals surface area contributed by atoms with Gasteiger partial charge in [-0.2, -0.15) is 13.5 Å². The Morgan fingerprint density at radius 2 is 1.81 bits per heavy atom. The van der Waals surface area contributed by atoms with E-state index in [-0.39, 0.29) is 22.8 Å². The van der Waals surface area contributed by atoms with Crippen molar-refractivity contribution in [3.63, 3.8) is 0 Å². The standard InChI is InChI=1S/C23H18N6O6S/c1-35-15-8-6-14(7-9-15)29-20(10-19(26-29)23(24)32)21(30)12-28-13-25-18(11-22(28)31)16-4-2-3-5-17(16)27-36(33)34/h2-11,13H,12H2,1H3,(H2,24,32). The third-order valence-corrected chi connectivity index (χ3v) is 5.46. The van der Waals surface area contributed by atoms with Crippen LogP contribution in [0.4, 0.5) is 5.69 Å². The molecule has 2 aromatic carbocycles. The first kappa shape index (κ1) is 24.2. The molecule has 0 unspecified atom stereocenters. The molecule has 36 heavy (non-hydrogen) atoms. The minimum Gasteiger partial charge on any atom is -0.497 e. The number of nitrogens with two attached hydrogens (primary N) is 1. The summed E-state index contributed by atoms with van der Waals surface area (Å²) in [6, 6.07) is 15.3. The van der Waals surface area contributed by atoms with Gasteiger partial charge in [-0.3, -0.25) is 19.0 Å². The van der Waals surface area contributed by atoms with Crippen molar-refractivity contribution in [2.24, 2.45) is 10.1 Å². The van der Waals surface area contributed by atoms with Gasteiger partial charge in [-0.15, -0.1) is 4.36 Å². The number of ketones is 1. The van der Waals surface area contributed by atoms with Crippen LogP contribution in [0, 0.1) is 0 Å². The van der Waals surface area contributed by atoms with Crippen molar-refractivity contribution in [2.75, 3.05) is 7.11 Å². The minimum absolute atomic E-state index is 0.0343. The number of ether oxygens (including phenoxy) is 1. The molecule has 2 heterocycles. The molecule has 0 atom stereocenters. The average Bonchev–Trinajstić information content (AvgIpc) is 3.31. The van der Waals surface area contributed by atoms with Gasteiger partial charge in [0.2, 0.25) is 5.78 Å². The van der Waals surface area contributed by atoms with Gasteiger partial charge in [-0.1, -0.05) is 18.2 Å². The molecule has 0 bridgehead atoms. The van der Waals surface area contributed by atoms with Crippen LogP contribution in [0.15, 0.2) is 76.1 Å². The van der Waals surface area contributed by atoms with Crippen molar-refractivity contribution in [1.29, 1.82) is 0 Å². The van der Waals surface area contributed by atoms with Crippen LogP contribution in [0.2, 0.25) is 0 Å². The second-order valence-corrected chi connectivity index (χ2v) is 7.99. The predicted octanol–water partition coefficient (Wildman–Crippen LogP) is 1.78. The second kappa shape index (κ2) is 10.1. The van der Waals surface area contributed by atoms with Crippen LogP contribution in [0.3, 0.4) is 0 Å². The van der Waals surface area contributed by atoms with Gasteiger partial charge in [-0.25, -0.2) is 9.67 Å². The zero-order chi connectivity index (χ0) is 25.8. The third kappa shape index (κ3) is 5.10. The zero-order valence-corrected chi connectivity index (χ0v) is 19.5. The zero-order valence-electron chi connectivity index (χ0n) is 18.7. The van der Waals surface area contributed by atoms with Gasteiger partial charge >= 0.3 is 10.5 Å². The molecule has 13 heteroatoms. The molecule has 4 aromatic rings. The highest BCUT2D eigenvalue weighted by Crippen LogP contribution is 2.27. The maximum Gasteiger partial charge on any atom is 0.316 e. The highest BCUT2D eigenvalue weighted by molar-refractivity contribution is 7.61. The molecule has 0 saturated heterocycles. The van der Waals surface area contributed by atoms with Crippen molar-refractivity contribution >= 4 is 27.9 Å². The van der Waals surface area contributed by atoms with Crippen molar-refractivity contribution in [1.82, 2.24) is 19.3 Å². The van der Waals surface area contributed by atoms with Gasteiger partial charge < -0.3 is 10.5 Å². The Balaban J connectivity index is 1.67. The normalized spacial score (nSPS) is 10.6. The average molecular weight is 507 g/mol. The molecule has 0 aliphatic rings. The van der Waals surface area contributed by atoms with E-state index >= 15 is 0 Å². The van der Waals surface area contributed by atoms with Crippen molar-refractivity contribution < 1.29 is 22.7 Å². The van der Waals surface area contributed by atoms with E-state index in [0.29, 0.717) is 17.0 Å². The van der Waals surface area contributed by atoms with E-state index in [4.69, 9.17) is 10.5 Å². The maximum absolute atomic E-state index is 13.1. The molecular formula is C23H18N6O6S. The molecule has 2 aromatic heterocycles. The third-order valence-electron chi connectivity index (χ3n) is 5.11. The lowest BCUT2D eigenvalue weighted by molar-refractivity contribution is 0.0961. The first-order chi connectivity index (χ1) is 17.3. The molecule has 0 fully saturated rings. The number of Topliss-reactive ketones (excluding diaryl/α,β-unsaturated/α-hetero) is 1. The van der Waals surface area contributed by atoms with Gasteiger partial charge in [0.1, 0.15) is 11.4 Å². The molecule has 0 spiro atoms. The fourth-order valence-corrected chi connectivity index (χ4v) is 3.72. The summed E-state index contributed by atoms with van der Waals surface area (Å²) in [4.78, 5) is 41.8. The number of amides is 1. The topological polar surface area (TPSA) is 169 Å². The Labute approximate surface area is 205 Å². The van der Waals surface area contributed by atoms with Gasteiger partial charge in [0.25, 0.3) is 11.5 Å². The molecule has 0 radical (unpaired) electrons. The highest BCUT2D eigenvalue weighted by atomic mass is 32.2. The maximum atomic E-state index is 13.1. The van der Waals surface area contributed by atoms with Crippen LogP contribution >= 0.6 is 0 Å². The Kier molecular flexibility index (Phi) is 6.83. The summed E-state index contributed by atoms with van der Waals surface area (Å²) in [6.07, 6.45) is 1.17. The SMILES string of the molecule is COc1ccc(-n2nc(C(N)=O)cc2C(=O)Cn2cnc(-c3ccccc3N=S(=O)=O)cc2=O)cc1. The monoisotopic (exact) mass is 506 g/mol. The molecule has 0 saturated carbocycles. The van der Waals surface area contributed by atoms with E-state index < -0.39 is 34.3 Å². The van der Waals surface area contributed by atoms with E-state index in [1.807, 2.05) is 0 Å². The number of aromatic nitrogens is 4. The van der Waals surface area contributed by atoms with Crippen molar-refractivity contribution in [2.45, 2.75) is 6.54 Å². The number of carbonyl (C=O) groups is 2. The predicted molar refractivity (Wildman–Crippen MR) is 128 cm³/mol. The highest BCUT2D eigenvalue weighted by Gasteiger charge is 2.20. The Hall–Kier alpha value is -4.91. The lowest BCUT2D eigenvalue weighted by atomic mass is 10.1. The number of carbonyl (C=O) groups excluding carboxylic acids is 2. The van der Waals surface area contributed by atoms with E-state index in [9.17, 15) is 22.8 Å². The number of rotatable bonds is 8. The van der Waals surface area contributed by atoms with Crippen LogP contribution in [0.25, 0.3) is 16.9 Å². The molecular weight excluding hydrogens is 488 g/mol. The fourth-order valence-electron chi connectivity index (χ4n) is 3.40. The van der Waals surface area contributed by atoms with Crippen molar-refractivity contribution in [3.8, 4) is 22.7 Å². The smallest absolute Gasteiger partial charge is 0.316 e. The van der Waals surface area contributed by atoms with Gasteiger partial charge in [0, 0.05) is 17.7 Å². The number of primary amides is 1. The van der Waals surface area contributed by atoms with Crippen LogP contribution in [0.1, 0.15) is 21.0 Å². The number of methoxy groups -OCH3 is 1. The summed E-state index contributed by atoms with van der Waals surface area (Å²) in [5, 5.41) is 4.12. The van der Waals surface area contributed by atoms with E-state index in [1.165, 1.54) is 36.3 Å². The van der Waals surface area contributed by atoms with Crippen LogP contribution in [0.5, 0.6) is 5.75 Å². The van der Waals surface area contributed by atoms with Crippen molar-refractivity contribution in [3.05, 3.63) is 88.7 Å². The van der Waals surface area contributed by atoms with Crippen LogP contribution < -0.4 is 16.0 Å². The Morgan fingerprint density at radius 1 is 1.08 bits per heavy atom. The number of benzene rings is 2. The summed E-state index contributed by atoms with van der Waals surface area (Å²) in [6.45, 7) is -0.400. The summed E-state index contributed by atoms with van der Waals surface area (Å²) >= 11 is 0. The quantitative estimate of drug-likeness (QED) is 0.353. The number of nitrogens with zero attached hydrogens (tertiary/aromatic N) is 5. The Bertz CT molecular complexity index is 1660. The van der Waals surface area contributed by atoms with E-state index in [1.54, 1.807) is 42.5 Å². The molecule has 12 nitrogen and oxygen atoms in total. The van der Waals surface area contributed by atoms with Gasteiger partial charge in [-0.05, 0) is 30.3 Å². The van der Waals surface area contributed by atoms with Gasteiger partial charge in [0.05, 0.1) is 37.1 Å². The first-order valence-electron chi connectivity index (χ1n) is 10.3. The van der Waals surface area contributed by atoms with Crippen LogP contribution in [-0.2, 0) is 17.0 Å². The van der Waals surface area contributed by atoms with E-state index in [2.05, 4.69) is 14.4 Å². The largest absolute Gasteiger partial charge is 0.497 e. The summed E-state index contributed by atoms with van der Waals surface area (Å²) < 4.78 is 33.0. The number of hydrogen-bond acceptors (Lipinski definition) is 9. The summed E-state index contributed by atoms with van der Waals surface area (Å²) in [5.74, 6) is -0.760. The van der Waals surface area contributed by atoms with E-state index in [0.717, 1.165) is 4.57 Å². The fraction of sp³-hybridized carbons (Fsp3) is 0.0870. The molecule has 0 aliphatic carbocycles. The molecule has 0 aliphatic heterocycles. The first-order valence-corrected chi connectivity index (χ1v) is 11.3. The summed E-state index contributed by atoms with van der Waals surface area (Å²) in [7, 11) is -1.18. The molecule has 1 amide bonds. The summed E-state index contributed by atoms with van der Waals surface area (Å²) in [5.41, 5.74) is 5.83. The minimum atomic E-state index is -2.69. The molecule has 4 rings (SSSR count). The van der Waals surface area contributed by atoms with Gasteiger partial charge in [0.15, 0.2) is 5.69 Å². The second-order valence-electron chi connectivity index (χ2n) is 7.38. The lowest BCUT2D eigenvalue weighted by Crippen LogP contribution is -2.25. The Morgan fingerprint density at radius 3 is 2.44 bits per heavy atom. The number of hydrogen-bond donors (Lipinski definition) is 1. The lowest BCUT2D eigenvalue weighted by Gasteiger charge is -2.09.